The summed E-state index contributed by atoms with van der Waals surface area (Å²) < 4.78 is 61.0. The van der Waals surface area contributed by atoms with Crippen molar-refractivity contribution in [3.05, 3.63) is 35.4 Å². The summed E-state index contributed by atoms with van der Waals surface area (Å²) in [5.41, 5.74) is -0.632. The van der Waals surface area contributed by atoms with Crippen LogP contribution in [0.15, 0.2) is 24.3 Å². The Morgan fingerprint density at radius 1 is 1.23 bits per heavy atom. The number of hydrogen-bond acceptors (Lipinski definition) is 3. The summed E-state index contributed by atoms with van der Waals surface area (Å²) in [7, 11) is -3.73. The summed E-state index contributed by atoms with van der Waals surface area (Å²) >= 11 is 0. The predicted octanol–water partition coefficient (Wildman–Crippen LogP) is 2.53. The summed E-state index contributed by atoms with van der Waals surface area (Å²) in [5, 5.41) is 2.53. The van der Waals surface area contributed by atoms with Crippen molar-refractivity contribution in [1.82, 2.24) is 5.32 Å². The molecule has 0 aromatic heterocycles. The van der Waals surface area contributed by atoms with Crippen molar-refractivity contribution in [2.75, 3.05) is 5.75 Å². The lowest BCUT2D eigenvalue weighted by Crippen LogP contribution is -2.36. The van der Waals surface area contributed by atoms with Crippen LogP contribution in [0.5, 0.6) is 0 Å². The maximum Gasteiger partial charge on any atom is 0.416 e. The molecule has 1 rings (SSSR count). The third-order valence-electron chi connectivity index (χ3n) is 3.04. The van der Waals surface area contributed by atoms with Gasteiger partial charge < -0.3 is 5.32 Å². The first-order valence-electron chi connectivity index (χ1n) is 6.69. The summed E-state index contributed by atoms with van der Waals surface area (Å²) in [6, 6.07) is 3.72. The first-order valence-corrected chi connectivity index (χ1v) is 8.51. The molecule has 0 aliphatic carbocycles. The van der Waals surface area contributed by atoms with Crippen LogP contribution in [-0.4, -0.2) is 26.1 Å². The highest BCUT2D eigenvalue weighted by atomic mass is 32.2. The van der Waals surface area contributed by atoms with E-state index in [1.54, 1.807) is 6.92 Å². The fraction of sp³-hybridized carbons (Fsp3) is 0.500. The highest BCUT2D eigenvalue weighted by Crippen LogP contribution is 2.29. The standard InChI is InChI=1S/C14H18F3NO3S/c1-3-10(2)18-13(19)9-22(20,21)8-11-4-6-12(7-5-11)14(15,16)17/h4-7,10H,3,8-9H2,1-2H3,(H,18,19). The molecule has 8 heteroatoms. The maximum absolute atomic E-state index is 12.4. The number of amides is 1. The number of halogens is 3. The van der Waals surface area contributed by atoms with E-state index in [9.17, 15) is 26.4 Å². The second-order valence-corrected chi connectivity index (χ2v) is 7.17. The first kappa shape index (κ1) is 18.5. The lowest BCUT2D eigenvalue weighted by atomic mass is 10.1. The smallest absolute Gasteiger partial charge is 0.353 e. The van der Waals surface area contributed by atoms with Gasteiger partial charge in [-0.15, -0.1) is 0 Å². The molecule has 0 radical (unpaired) electrons. The fourth-order valence-electron chi connectivity index (χ4n) is 1.71. The lowest BCUT2D eigenvalue weighted by molar-refractivity contribution is -0.137. The van der Waals surface area contributed by atoms with Crippen molar-refractivity contribution in [3.8, 4) is 0 Å². The number of carbonyl (C=O) groups excluding carboxylic acids is 1. The average Bonchev–Trinajstić information content (AvgIpc) is 2.36. The monoisotopic (exact) mass is 337 g/mol. The molecule has 1 aromatic rings. The first-order chi connectivity index (χ1) is 10.0. The van der Waals surface area contributed by atoms with Crippen molar-refractivity contribution in [2.24, 2.45) is 0 Å². The van der Waals surface area contributed by atoms with Gasteiger partial charge in [-0.05, 0) is 31.0 Å². The number of hydrogen-bond donors (Lipinski definition) is 1. The van der Waals surface area contributed by atoms with Gasteiger partial charge in [-0.25, -0.2) is 8.42 Å². The van der Waals surface area contributed by atoms with Crippen LogP contribution in [0, 0.1) is 0 Å². The van der Waals surface area contributed by atoms with Gasteiger partial charge in [0.2, 0.25) is 5.91 Å². The molecule has 0 spiro atoms. The molecule has 0 aliphatic rings. The quantitative estimate of drug-likeness (QED) is 0.868. The van der Waals surface area contributed by atoms with Crippen LogP contribution in [0.2, 0.25) is 0 Å². The van der Waals surface area contributed by atoms with Crippen LogP contribution in [-0.2, 0) is 26.6 Å². The van der Waals surface area contributed by atoms with E-state index in [-0.39, 0.29) is 11.6 Å². The molecular formula is C14H18F3NO3S. The van der Waals surface area contributed by atoms with Gasteiger partial charge in [0.15, 0.2) is 9.84 Å². The normalized spacial score (nSPS) is 13.7. The van der Waals surface area contributed by atoms with Crippen molar-refractivity contribution < 1.29 is 26.4 Å². The molecular weight excluding hydrogens is 319 g/mol. The number of benzene rings is 1. The Balaban J connectivity index is 2.70. The minimum Gasteiger partial charge on any atom is -0.353 e. The zero-order valence-corrected chi connectivity index (χ0v) is 13.1. The minimum atomic E-state index is -4.46. The molecule has 4 nitrogen and oxygen atoms in total. The number of carbonyl (C=O) groups is 1. The molecule has 1 N–H and O–H groups in total. The van der Waals surface area contributed by atoms with Crippen LogP contribution >= 0.6 is 0 Å². The third kappa shape index (κ3) is 6.05. The molecule has 1 aromatic carbocycles. The third-order valence-corrected chi connectivity index (χ3v) is 4.51. The van der Waals surface area contributed by atoms with Crippen molar-refractivity contribution in [2.45, 2.75) is 38.2 Å². The van der Waals surface area contributed by atoms with Crippen LogP contribution in [0.4, 0.5) is 13.2 Å². The predicted molar refractivity (Wildman–Crippen MR) is 76.8 cm³/mol. The average molecular weight is 337 g/mol. The van der Waals surface area contributed by atoms with Gasteiger partial charge in [-0.3, -0.25) is 4.79 Å². The van der Waals surface area contributed by atoms with E-state index in [0.717, 1.165) is 24.3 Å². The van der Waals surface area contributed by atoms with E-state index in [1.165, 1.54) is 0 Å². The Bertz CT molecular complexity index is 609. The second kappa shape index (κ2) is 7.13. The minimum absolute atomic E-state index is 0.131. The second-order valence-electron chi connectivity index (χ2n) is 5.10. The van der Waals surface area contributed by atoms with Gasteiger partial charge in [0.1, 0.15) is 5.75 Å². The van der Waals surface area contributed by atoms with Crippen LogP contribution in [0.25, 0.3) is 0 Å². The molecule has 1 atom stereocenters. The highest BCUT2D eigenvalue weighted by Gasteiger charge is 2.30. The van der Waals surface area contributed by atoms with Crippen molar-refractivity contribution >= 4 is 15.7 Å². The largest absolute Gasteiger partial charge is 0.416 e. The van der Waals surface area contributed by atoms with Crippen molar-refractivity contribution in [3.63, 3.8) is 0 Å². The summed E-state index contributed by atoms with van der Waals surface area (Å²) in [5.74, 6) is -1.77. The van der Waals surface area contributed by atoms with Crippen LogP contribution in [0.3, 0.4) is 0 Å². The van der Waals surface area contributed by atoms with Crippen LogP contribution < -0.4 is 5.32 Å². The number of alkyl halides is 3. The maximum atomic E-state index is 12.4. The molecule has 1 amide bonds. The molecule has 0 heterocycles. The lowest BCUT2D eigenvalue weighted by Gasteiger charge is -2.12. The number of nitrogens with one attached hydrogen (secondary N) is 1. The zero-order chi connectivity index (χ0) is 17.0. The van der Waals surface area contributed by atoms with Crippen LogP contribution in [0.1, 0.15) is 31.4 Å². The number of sulfone groups is 1. The summed E-state index contributed by atoms with van der Waals surface area (Å²) in [6.45, 7) is 3.60. The van der Waals surface area contributed by atoms with Gasteiger partial charge in [-0.2, -0.15) is 13.2 Å². The SMILES string of the molecule is CCC(C)NC(=O)CS(=O)(=O)Cc1ccc(C(F)(F)F)cc1. The van der Waals surface area contributed by atoms with Gasteiger partial charge in [0, 0.05) is 6.04 Å². The summed E-state index contributed by atoms with van der Waals surface area (Å²) in [4.78, 5) is 11.6. The fourth-order valence-corrected chi connectivity index (χ4v) is 3.00. The van der Waals surface area contributed by atoms with Gasteiger partial charge in [0.25, 0.3) is 0 Å². The Labute approximate surface area is 127 Å². The molecule has 0 saturated carbocycles. The molecule has 124 valence electrons. The Morgan fingerprint density at radius 2 is 1.77 bits per heavy atom. The van der Waals surface area contributed by atoms with E-state index < -0.39 is 39.0 Å². The van der Waals surface area contributed by atoms with E-state index >= 15 is 0 Å². The topological polar surface area (TPSA) is 63.2 Å². The number of rotatable bonds is 6. The molecule has 0 saturated heterocycles. The van der Waals surface area contributed by atoms with Crippen molar-refractivity contribution in [1.29, 1.82) is 0 Å². The molecule has 1 unspecified atom stereocenters. The molecule has 0 aliphatic heterocycles. The van der Waals surface area contributed by atoms with Gasteiger partial charge in [-0.1, -0.05) is 19.1 Å². The zero-order valence-electron chi connectivity index (χ0n) is 12.3. The Morgan fingerprint density at radius 3 is 2.23 bits per heavy atom. The van der Waals surface area contributed by atoms with Gasteiger partial charge >= 0.3 is 6.18 Å². The van der Waals surface area contributed by atoms with E-state index in [2.05, 4.69) is 5.32 Å². The highest BCUT2D eigenvalue weighted by molar-refractivity contribution is 7.91. The Kier molecular flexibility index (Phi) is 5.99. The molecule has 0 fully saturated rings. The van der Waals surface area contributed by atoms with E-state index in [1.807, 2.05) is 6.92 Å². The molecule has 22 heavy (non-hydrogen) atoms. The summed E-state index contributed by atoms with van der Waals surface area (Å²) in [6.07, 6.45) is -3.79. The van der Waals surface area contributed by atoms with Gasteiger partial charge in [0.05, 0.1) is 11.3 Å². The Hall–Kier alpha value is -1.57. The van der Waals surface area contributed by atoms with E-state index in [4.69, 9.17) is 0 Å². The van der Waals surface area contributed by atoms with E-state index in [0.29, 0.717) is 6.42 Å². The molecule has 0 bridgehead atoms.